The predicted molar refractivity (Wildman–Crippen MR) is 75.5 cm³/mol. The van der Waals surface area contributed by atoms with Gasteiger partial charge in [-0.1, -0.05) is 0 Å². The van der Waals surface area contributed by atoms with E-state index in [1.807, 2.05) is 0 Å². The van der Waals surface area contributed by atoms with Gasteiger partial charge in [-0.15, -0.1) is 0 Å². The summed E-state index contributed by atoms with van der Waals surface area (Å²) >= 11 is 0. The van der Waals surface area contributed by atoms with Crippen LogP contribution < -0.4 is 0 Å². The van der Waals surface area contributed by atoms with Crippen molar-refractivity contribution in [3.63, 3.8) is 0 Å². The van der Waals surface area contributed by atoms with Crippen molar-refractivity contribution >= 4 is 0 Å². The van der Waals surface area contributed by atoms with E-state index in [1.54, 1.807) is 6.92 Å². The monoisotopic (exact) mass is 338 g/mol. The van der Waals surface area contributed by atoms with Gasteiger partial charge >= 0.3 is 0 Å². The van der Waals surface area contributed by atoms with Crippen LogP contribution in [0.25, 0.3) is 0 Å². The highest BCUT2D eigenvalue weighted by Gasteiger charge is 2.47. The molecule has 0 amide bonds. The Kier molecular flexibility index (Phi) is 6.72. The molecule has 0 radical (unpaired) electrons. The van der Waals surface area contributed by atoms with Crippen LogP contribution in [-0.4, -0.2) is 101 Å². The van der Waals surface area contributed by atoms with Gasteiger partial charge in [0.1, 0.15) is 30.5 Å². The van der Waals surface area contributed by atoms with Gasteiger partial charge in [-0.25, -0.2) is 0 Å². The van der Waals surface area contributed by atoms with E-state index in [4.69, 9.17) is 18.9 Å². The lowest BCUT2D eigenvalue weighted by Crippen LogP contribution is -2.61. The van der Waals surface area contributed by atoms with Gasteiger partial charge in [0, 0.05) is 13.5 Å². The van der Waals surface area contributed by atoms with Crippen LogP contribution in [0.4, 0.5) is 0 Å². The fourth-order valence-electron chi connectivity index (χ4n) is 3.01. The van der Waals surface area contributed by atoms with Gasteiger partial charge in [0.2, 0.25) is 0 Å². The first-order chi connectivity index (χ1) is 10.9. The third kappa shape index (κ3) is 4.01. The lowest BCUT2D eigenvalue weighted by Gasteiger charge is -2.44. The van der Waals surface area contributed by atoms with Crippen LogP contribution in [-0.2, 0) is 18.9 Å². The van der Waals surface area contributed by atoms with Crippen LogP contribution in [0.1, 0.15) is 13.3 Å². The molecule has 0 aromatic carbocycles. The Labute approximate surface area is 134 Å². The summed E-state index contributed by atoms with van der Waals surface area (Å²) in [7, 11) is 1.32. The van der Waals surface area contributed by atoms with Crippen molar-refractivity contribution in [2.75, 3.05) is 20.3 Å². The summed E-state index contributed by atoms with van der Waals surface area (Å²) in [4.78, 5) is 0. The highest BCUT2D eigenvalue weighted by atomic mass is 16.7. The van der Waals surface area contributed by atoms with E-state index >= 15 is 0 Å². The third-order valence-electron chi connectivity index (χ3n) is 4.37. The number of methoxy groups -OCH3 is 1. The molecule has 0 saturated carbocycles. The average molecular weight is 338 g/mol. The molecule has 9 heteroatoms. The Bertz CT molecular complexity index is 368. The molecule has 9 nitrogen and oxygen atoms in total. The number of ether oxygens (including phenoxy) is 4. The standard InChI is InChI=1S/C14H26O9/c1-6-10(17)8(3-7(4-15)21-6)22-14-12(19)13(20-2)11(18)9(5-16)23-14/h6-19H,3-5H2,1-2H3/t6?,7?,8-,9?,10?,11+,12?,13-,14+/m0/s1. The molecule has 0 bridgehead atoms. The number of hydrogen-bond acceptors (Lipinski definition) is 9. The van der Waals surface area contributed by atoms with Gasteiger partial charge in [-0.3, -0.25) is 0 Å². The van der Waals surface area contributed by atoms with Gasteiger partial charge < -0.3 is 44.5 Å². The van der Waals surface area contributed by atoms with E-state index in [1.165, 1.54) is 7.11 Å². The third-order valence-corrected chi connectivity index (χ3v) is 4.37. The van der Waals surface area contributed by atoms with Gasteiger partial charge in [-0.2, -0.15) is 0 Å². The van der Waals surface area contributed by atoms with Crippen LogP contribution in [0.15, 0.2) is 0 Å². The van der Waals surface area contributed by atoms with E-state index < -0.39 is 61.7 Å². The summed E-state index contributed by atoms with van der Waals surface area (Å²) < 4.78 is 21.5. The fourth-order valence-corrected chi connectivity index (χ4v) is 3.01. The largest absolute Gasteiger partial charge is 0.394 e. The fraction of sp³-hybridized carbons (Fsp3) is 1.00. The summed E-state index contributed by atoms with van der Waals surface area (Å²) in [5, 5.41) is 48.9. The molecule has 2 heterocycles. The predicted octanol–water partition coefficient (Wildman–Crippen LogP) is -2.64. The second-order valence-electron chi connectivity index (χ2n) is 5.95. The molecule has 0 spiro atoms. The topological polar surface area (TPSA) is 138 Å². The Balaban J connectivity index is 2.07. The number of hydrogen-bond donors (Lipinski definition) is 5. The van der Waals surface area contributed by atoms with E-state index in [-0.39, 0.29) is 13.0 Å². The van der Waals surface area contributed by atoms with Gasteiger partial charge in [0.15, 0.2) is 6.29 Å². The highest BCUT2D eigenvalue weighted by Crippen LogP contribution is 2.29. The number of aliphatic hydroxyl groups is 5. The number of rotatable bonds is 5. The maximum atomic E-state index is 10.2. The van der Waals surface area contributed by atoms with Gasteiger partial charge in [0.25, 0.3) is 0 Å². The van der Waals surface area contributed by atoms with Gasteiger partial charge in [-0.05, 0) is 6.92 Å². The van der Waals surface area contributed by atoms with Crippen molar-refractivity contribution in [1.82, 2.24) is 0 Å². The lowest BCUT2D eigenvalue weighted by atomic mass is 9.97. The normalized spacial score (nSPS) is 48.4. The van der Waals surface area contributed by atoms with Crippen molar-refractivity contribution < 1.29 is 44.5 Å². The second kappa shape index (κ2) is 8.15. The Morgan fingerprint density at radius 1 is 1.00 bits per heavy atom. The van der Waals surface area contributed by atoms with Crippen LogP contribution in [0.3, 0.4) is 0 Å². The van der Waals surface area contributed by atoms with Crippen molar-refractivity contribution in [2.45, 2.75) is 68.5 Å². The van der Waals surface area contributed by atoms with Crippen molar-refractivity contribution in [3.05, 3.63) is 0 Å². The van der Waals surface area contributed by atoms with Crippen LogP contribution in [0.2, 0.25) is 0 Å². The minimum absolute atomic E-state index is 0.219. The first-order valence-corrected chi connectivity index (χ1v) is 7.68. The maximum absolute atomic E-state index is 10.2. The molecule has 5 N–H and O–H groups in total. The first-order valence-electron chi connectivity index (χ1n) is 7.68. The minimum Gasteiger partial charge on any atom is -0.394 e. The zero-order chi connectivity index (χ0) is 17.1. The molecule has 136 valence electrons. The van der Waals surface area contributed by atoms with Crippen LogP contribution >= 0.6 is 0 Å². The summed E-state index contributed by atoms with van der Waals surface area (Å²) in [6.45, 7) is 0.961. The smallest absolute Gasteiger partial charge is 0.187 e. The SMILES string of the molecule is CO[C@@H]1C(O)[C@H](O[C@H]2CC(CO)OC(C)C2O)OC(CO)[C@H]1O. The van der Waals surface area contributed by atoms with E-state index in [0.29, 0.717) is 0 Å². The Morgan fingerprint density at radius 2 is 1.70 bits per heavy atom. The molecule has 2 rings (SSSR count). The summed E-state index contributed by atoms with van der Waals surface area (Å²) in [6.07, 6.45) is -8.18. The minimum atomic E-state index is -1.30. The molecule has 2 saturated heterocycles. The van der Waals surface area contributed by atoms with Crippen molar-refractivity contribution in [2.24, 2.45) is 0 Å². The highest BCUT2D eigenvalue weighted by molar-refractivity contribution is 4.92. The molecule has 2 aliphatic rings. The number of aliphatic hydroxyl groups excluding tert-OH is 5. The van der Waals surface area contributed by atoms with Gasteiger partial charge in [0.05, 0.1) is 31.5 Å². The molecule has 2 fully saturated rings. The Hall–Kier alpha value is -0.360. The molecule has 0 aromatic heterocycles. The zero-order valence-corrected chi connectivity index (χ0v) is 13.2. The van der Waals surface area contributed by atoms with E-state index in [9.17, 15) is 25.5 Å². The van der Waals surface area contributed by atoms with E-state index in [2.05, 4.69) is 0 Å². The summed E-state index contributed by atoms with van der Waals surface area (Å²) in [5.41, 5.74) is 0. The molecular weight excluding hydrogens is 312 g/mol. The summed E-state index contributed by atoms with van der Waals surface area (Å²) in [6, 6.07) is 0. The van der Waals surface area contributed by atoms with E-state index in [0.717, 1.165) is 0 Å². The van der Waals surface area contributed by atoms with Crippen molar-refractivity contribution in [1.29, 1.82) is 0 Å². The maximum Gasteiger partial charge on any atom is 0.187 e. The van der Waals surface area contributed by atoms with Crippen molar-refractivity contribution in [3.8, 4) is 0 Å². The van der Waals surface area contributed by atoms with Crippen LogP contribution in [0, 0.1) is 0 Å². The molecule has 0 aromatic rings. The summed E-state index contributed by atoms with van der Waals surface area (Å²) in [5.74, 6) is 0. The lowest BCUT2D eigenvalue weighted by molar-refractivity contribution is -0.330. The molecule has 5 unspecified atom stereocenters. The molecule has 23 heavy (non-hydrogen) atoms. The molecule has 0 aliphatic carbocycles. The molecular formula is C14H26O9. The second-order valence-corrected chi connectivity index (χ2v) is 5.95. The first kappa shape index (κ1) is 19.0. The molecule has 2 aliphatic heterocycles. The molecule has 9 atom stereocenters. The average Bonchev–Trinajstić information content (AvgIpc) is 2.54. The zero-order valence-electron chi connectivity index (χ0n) is 13.2. The Morgan fingerprint density at radius 3 is 2.26 bits per heavy atom. The van der Waals surface area contributed by atoms with Crippen LogP contribution in [0.5, 0.6) is 0 Å². The quantitative estimate of drug-likeness (QED) is 0.364.